The summed E-state index contributed by atoms with van der Waals surface area (Å²) in [6, 6.07) is 8.00. The SMILES string of the molecule is Cc1cc(Cl)cc2sc(N(CCN(C)C)C(=O)c3cccc(C(F)(F)F)c3)nc12. The van der Waals surface area contributed by atoms with E-state index in [2.05, 4.69) is 4.98 Å². The summed E-state index contributed by atoms with van der Waals surface area (Å²) in [6.07, 6.45) is -4.52. The van der Waals surface area contributed by atoms with Gasteiger partial charge in [-0.05, 0) is 56.9 Å². The first-order chi connectivity index (χ1) is 13.6. The number of amides is 1. The Balaban J connectivity index is 2.04. The maximum absolute atomic E-state index is 13.1. The molecule has 0 atom stereocenters. The number of nitrogens with zero attached hydrogens (tertiary/aromatic N) is 3. The molecule has 0 spiro atoms. The number of hydrogen-bond donors (Lipinski definition) is 0. The van der Waals surface area contributed by atoms with Crippen molar-refractivity contribution in [2.24, 2.45) is 0 Å². The Bertz CT molecular complexity index is 1050. The zero-order valence-electron chi connectivity index (χ0n) is 16.0. The number of aryl methyl sites for hydroxylation is 1. The van der Waals surface area contributed by atoms with Gasteiger partial charge in [0.15, 0.2) is 5.13 Å². The predicted molar refractivity (Wildman–Crippen MR) is 111 cm³/mol. The second-order valence-corrected chi connectivity index (χ2v) is 8.35. The minimum atomic E-state index is -4.52. The minimum absolute atomic E-state index is 0.0346. The molecular weight excluding hydrogens is 423 g/mol. The fourth-order valence-corrected chi connectivity index (χ4v) is 4.27. The third-order valence-electron chi connectivity index (χ3n) is 4.32. The molecule has 154 valence electrons. The highest BCUT2D eigenvalue weighted by Gasteiger charge is 2.32. The summed E-state index contributed by atoms with van der Waals surface area (Å²) in [6.45, 7) is 2.69. The number of benzene rings is 2. The van der Waals surface area contributed by atoms with Crippen LogP contribution in [0.5, 0.6) is 0 Å². The predicted octanol–water partition coefficient (Wildman–Crippen LogP) is 5.49. The number of hydrogen-bond acceptors (Lipinski definition) is 4. The number of carbonyl (C=O) groups excluding carboxylic acids is 1. The molecule has 0 saturated heterocycles. The topological polar surface area (TPSA) is 36.4 Å². The van der Waals surface area contributed by atoms with Crippen LogP contribution in [0.2, 0.25) is 5.02 Å². The lowest BCUT2D eigenvalue weighted by atomic mass is 10.1. The molecule has 0 unspecified atom stereocenters. The van der Waals surface area contributed by atoms with Crippen molar-refractivity contribution in [2.45, 2.75) is 13.1 Å². The van der Waals surface area contributed by atoms with E-state index in [1.54, 1.807) is 12.1 Å². The van der Waals surface area contributed by atoms with Crippen molar-refractivity contribution in [1.29, 1.82) is 0 Å². The Morgan fingerprint density at radius 2 is 1.90 bits per heavy atom. The number of halogens is 4. The quantitative estimate of drug-likeness (QED) is 0.525. The number of carbonyl (C=O) groups is 1. The molecule has 9 heteroatoms. The van der Waals surface area contributed by atoms with E-state index in [4.69, 9.17) is 11.6 Å². The van der Waals surface area contributed by atoms with E-state index >= 15 is 0 Å². The molecule has 0 bridgehead atoms. The van der Waals surface area contributed by atoms with Gasteiger partial charge in [0.2, 0.25) is 0 Å². The molecular formula is C20H19ClF3N3OS. The molecule has 1 aromatic heterocycles. The molecule has 0 N–H and O–H groups in total. The highest BCUT2D eigenvalue weighted by Crippen LogP contribution is 2.34. The third kappa shape index (κ3) is 4.88. The van der Waals surface area contributed by atoms with Gasteiger partial charge in [0.05, 0.1) is 15.8 Å². The molecule has 0 radical (unpaired) electrons. The van der Waals surface area contributed by atoms with Crippen molar-refractivity contribution in [1.82, 2.24) is 9.88 Å². The molecule has 0 saturated carbocycles. The van der Waals surface area contributed by atoms with Gasteiger partial charge in [0, 0.05) is 23.7 Å². The molecule has 4 nitrogen and oxygen atoms in total. The summed E-state index contributed by atoms with van der Waals surface area (Å²) in [4.78, 5) is 21.0. The summed E-state index contributed by atoms with van der Waals surface area (Å²) < 4.78 is 40.0. The van der Waals surface area contributed by atoms with E-state index < -0.39 is 17.6 Å². The summed E-state index contributed by atoms with van der Waals surface area (Å²) in [5.41, 5.74) is 0.700. The first-order valence-corrected chi connectivity index (χ1v) is 9.96. The third-order valence-corrected chi connectivity index (χ3v) is 5.57. The van der Waals surface area contributed by atoms with Gasteiger partial charge in [-0.3, -0.25) is 9.69 Å². The average Bonchev–Trinajstić information content (AvgIpc) is 3.05. The van der Waals surface area contributed by atoms with Crippen LogP contribution in [0, 0.1) is 6.92 Å². The van der Waals surface area contributed by atoms with Crippen LogP contribution in [0.4, 0.5) is 18.3 Å². The molecule has 3 aromatic rings. The van der Waals surface area contributed by atoms with Crippen LogP contribution in [0.15, 0.2) is 36.4 Å². The van der Waals surface area contributed by atoms with Crippen molar-refractivity contribution >= 4 is 44.2 Å². The molecule has 2 aromatic carbocycles. The lowest BCUT2D eigenvalue weighted by molar-refractivity contribution is -0.137. The molecule has 3 rings (SSSR count). The van der Waals surface area contributed by atoms with Crippen LogP contribution in [-0.2, 0) is 6.18 Å². The van der Waals surface area contributed by atoms with Gasteiger partial charge in [-0.1, -0.05) is 29.0 Å². The standard InChI is InChI=1S/C20H19ClF3N3OS/c1-12-9-15(21)11-16-17(12)25-19(29-16)27(8-7-26(2)3)18(28)13-5-4-6-14(10-13)20(22,23)24/h4-6,9-11H,7-8H2,1-3H3. The van der Waals surface area contributed by atoms with E-state index in [9.17, 15) is 18.0 Å². The van der Waals surface area contributed by atoms with Gasteiger partial charge in [0.1, 0.15) is 0 Å². The second-order valence-electron chi connectivity index (χ2n) is 6.90. The normalized spacial score (nSPS) is 12.0. The van der Waals surface area contributed by atoms with Gasteiger partial charge in [-0.25, -0.2) is 4.98 Å². The minimum Gasteiger partial charge on any atom is -0.308 e. The van der Waals surface area contributed by atoms with Crippen LogP contribution in [0.3, 0.4) is 0 Å². The van der Waals surface area contributed by atoms with Crippen molar-refractivity contribution < 1.29 is 18.0 Å². The maximum Gasteiger partial charge on any atom is 0.416 e. The molecule has 1 heterocycles. The Morgan fingerprint density at radius 3 is 2.55 bits per heavy atom. The van der Waals surface area contributed by atoms with Crippen molar-refractivity contribution in [3.8, 4) is 0 Å². The lowest BCUT2D eigenvalue weighted by Gasteiger charge is -2.22. The van der Waals surface area contributed by atoms with E-state index in [1.165, 1.54) is 28.4 Å². The molecule has 29 heavy (non-hydrogen) atoms. The highest BCUT2D eigenvalue weighted by atomic mass is 35.5. The van der Waals surface area contributed by atoms with Crippen LogP contribution in [0.1, 0.15) is 21.5 Å². The van der Waals surface area contributed by atoms with Gasteiger partial charge in [0.25, 0.3) is 5.91 Å². The van der Waals surface area contributed by atoms with Crippen LogP contribution in [0.25, 0.3) is 10.2 Å². The average molecular weight is 442 g/mol. The van der Waals surface area contributed by atoms with Crippen LogP contribution in [-0.4, -0.2) is 43.0 Å². The molecule has 0 fully saturated rings. The molecule has 1 amide bonds. The molecule has 0 aliphatic carbocycles. The number of rotatable bonds is 5. The summed E-state index contributed by atoms with van der Waals surface area (Å²) in [5, 5.41) is 0.990. The van der Waals surface area contributed by atoms with Crippen LogP contribution < -0.4 is 4.90 Å². The smallest absolute Gasteiger partial charge is 0.308 e. The zero-order valence-corrected chi connectivity index (χ0v) is 17.6. The van der Waals surface area contributed by atoms with E-state index in [-0.39, 0.29) is 12.1 Å². The van der Waals surface area contributed by atoms with Gasteiger partial charge in [-0.2, -0.15) is 13.2 Å². The first-order valence-electron chi connectivity index (χ1n) is 8.77. The van der Waals surface area contributed by atoms with Gasteiger partial charge >= 0.3 is 6.18 Å². The largest absolute Gasteiger partial charge is 0.416 e. The van der Waals surface area contributed by atoms with Crippen molar-refractivity contribution in [2.75, 3.05) is 32.1 Å². The zero-order chi connectivity index (χ0) is 21.3. The van der Waals surface area contributed by atoms with Gasteiger partial charge < -0.3 is 4.90 Å². The Labute approximate surface area is 175 Å². The number of aromatic nitrogens is 1. The number of fused-ring (bicyclic) bond motifs is 1. The number of thiazole rings is 1. The van der Waals surface area contributed by atoms with E-state index in [0.717, 1.165) is 27.9 Å². The molecule has 0 aliphatic rings. The maximum atomic E-state index is 13.1. The van der Waals surface area contributed by atoms with Crippen LogP contribution >= 0.6 is 22.9 Å². The number of likely N-dealkylation sites (N-methyl/N-ethyl adjacent to an activating group) is 1. The summed E-state index contributed by atoms with van der Waals surface area (Å²) in [5.74, 6) is -0.527. The van der Waals surface area contributed by atoms with E-state index in [1.807, 2.05) is 25.9 Å². The first kappa shape index (κ1) is 21.5. The lowest BCUT2D eigenvalue weighted by Crippen LogP contribution is -2.36. The Morgan fingerprint density at radius 1 is 1.17 bits per heavy atom. The number of anilines is 1. The monoisotopic (exact) mass is 441 g/mol. The fraction of sp³-hybridized carbons (Fsp3) is 0.300. The van der Waals surface area contributed by atoms with Crippen molar-refractivity contribution in [3.63, 3.8) is 0 Å². The Kier molecular flexibility index (Phi) is 6.16. The summed E-state index contributed by atoms with van der Waals surface area (Å²) >= 11 is 7.41. The highest BCUT2D eigenvalue weighted by molar-refractivity contribution is 7.22. The van der Waals surface area contributed by atoms with Crippen molar-refractivity contribution in [3.05, 3.63) is 58.1 Å². The van der Waals surface area contributed by atoms with Gasteiger partial charge in [-0.15, -0.1) is 0 Å². The molecule has 0 aliphatic heterocycles. The second kappa shape index (κ2) is 8.30. The fourth-order valence-electron chi connectivity index (χ4n) is 2.83. The summed E-state index contributed by atoms with van der Waals surface area (Å²) in [7, 11) is 3.71. The van der Waals surface area contributed by atoms with E-state index in [0.29, 0.717) is 16.7 Å². The Hall–Kier alpha value is -2.16. The number of alkyl halides is 3.